The summed E-state index contributed by atoms with van der Waals surface area (Å²) in [6.07, 6.45) is 4.58. The number of imide groups is 2. The topological polar surface area (TPSA) is 96.0 Å². The number of ether oxygens (including phenoxy) is 1. The molecule has 1 aliphatic carbocycles. The van der Waals surface area contributed by atoms with Gasteiger partial charge in [-0.15, -0.1) is 0 Å². The highest BCUT2D eigenvalue weighted by atomic mass is 19.3. The summed E-state index contributed by atoms with van der Waals surface area (Å²) in [5.74, 6) is -2.37. The Hall–Kier alpha value is -3.04. The van der Waals surface area contributed by atoms with Crippen molar-refractivity contribution in [2.75, 3.05) is 13.1 Å². The number of carbonyl (C=O) groups is 4. The van der Waals surface area contributed by atoms with Crippen LogP contribution in [0.1, 0.15) is 37.7 Å². The van der Waals surface area contributed by atoms with Crippen molar-refractivity contribution in [3.63, 3.8) is 0 Å². The van der Waals surface area contributed by atoms with Crippen LogP contribution in [0.2, 0.25) is 0 Å². The molecule has 10 heteroatoms. The fourth-order valence-corrected chi connectivity index (χ4v) is 3.71. The molecule has 0 radical (unpaired) electrons. The second-order valence-electron chi connectivity index (χ2n) is 7.26. The van der Waals surface area contributed by atoms with E-state index in [9.17, 15) is 28.0 Å². The smallest absolute Gasteiger partial charge is 0.387 e. The predicted octanol–water partition coefficient (Wildman–Crippen LogP) is 2.07. The monoisotopic (exact) mass is 423 g/mol. The van der Waals surface area contributed by atoms with Gasteiger partial charge < -0.3 is 10.1 Å². The zero-order valence-electron chi connectivity index (χ0n) is 16.3. The number of benzene rings is 1. The maximum atomic E-state index is 12.5. The van der Waals surface area contributed by atoms with Gasteiger partial charge in [-0.1, -0.05) is 31.4 Å². The molecule has 1 N–H and O–H groups in total. The van der Waals surface area contributed by atoms with E-state index in [1.165, 1.54) is 12.1 Å². The number of nitrogens with zero attached hydrogens (tertiary/aromatic N) is 2. The van der Waals surface area contributed by atoms with E-state index in [0.717, 1.165) is 29.7 Å². The van der Waals surface area contributed by atoms with Gasteiger partial charge in [-0.25, -0.2) is 9.69 Å². The second kappa shape index (κ2) is 9.64. The quantitative estimate of drug-likeness (QED) is 0.510. The van der Waals surface area contributed by atoms with E-state index in [1.807, 2.05) is 0 Å². The van der Waals surface area contributed by atoms with Crippen LogP contribution in [-0.2, 0) is 20.8 Å². The first-order valence-electron chi connectivity index (χ1n) is 9.86. The molecule has 1 aromatic rings. The minimum Gasteiger partial charge on any atom is -0.435 e. The zero-order valence-corrected chi connectivity index (χ0v) is 16.3. The average molecular weight is 423 g/mol. The number of hydrogen-bond donors (Lipinski definition) is 1. The second-order valence-corrected chi connectivity index (χ2v) is 7.26. The van der Waals surface area contributed by atoms with Gasteiger partial charge in [0.25, 0.3) is 0 Å². The fourth-order valence-electron chi connectivity index (χ4n) is 3.71. The number of urea groups is 1. The molecule has 2 fully saturated rings. The number of alkyl halides is 2. The molecule has 1 heterocycles. The number of nitrogens with one attached hydrogen (secondary N) is 1. The van der Waals surface area contributed by atoms with Gasteiger partial charge in [-0.2, -0.15) is 8.78 Å². The molecule has 0 spiro atoms. The predicted molar refractivity (Wildman–Crippen MR) is 101 cm³/mol. The first kappa shape index (κ1) is 21.7. The lowest BCUT2D eigenvalue weighted by molar-refractivity contribution is -0.144. The van der Waals surface area contributed by atoms with E-state index in [-0.39, 0.29) is 18.3 Å². The molecule has 1 saturated heterocycles. The van der Waals surface area contributed by atoms with E-state index in [4.69, 9.17) is 0 Å². The number of rotatable bonds is 8. The molecule has 1 aliphatic heterocycles. The molecular weight excluding hydrogens is 400 g/mol. The first-order valence-corrected chi connectivity index (χ1v) is 9.86. The Balaban J connectivity index is 1.47. The van der Waals surface area contributed by atoms with Crippen LogP contribution >= 0.6 is 0 Å². The van der Waals surface area contributed by atoms with E-state index in [2.05, 4.69) is 10.1 Å². The molecule has 1 saturated carbocycles. The Kier molecular flexibility index (Phi) is 6.96. The van der Waals surface area contributed by atoms with Crippen molar-refractivity contribution in [3.05, 3.63) is 29.8 Å². The van der Waals surface area contributed by atoms with Crippen molar-refractivity contribution in [1.29, 1.82) is 0 Å². The van der Waals surface area contributed by atoms with E-state index >= 15 is 0 Å². The van der Waals surface area contributed by atoms with E-state index < -0.39 is 36.9 Å². The van der Waals surface area contributed by atoms with Gasteiger partial charge in [-0.3, -0.25) is 19.3 Å². The Morgan fingerprint density at radius 2 is 1.73 bits per heavy atom. The van der Waals surface area contributed by atoms with Crippen molar-refractivity contribution in [3.8, 4) is 5.75 Å². The lowest BCUT2D eigenvalue weighted by atomic mass is 9.94. The number of carbonyl (C=O) groups excluding carboxylic acids is 4. The third-order valence-corrected chi connectivity index (χ3v) is 5.21. The zero-order chi connectivity index (χ0) is 21.7. The van der Waals surface area contributed by atoms with Crippen LogP contribution in [0.15, 0.2) is 24.3 Å². The highest BCUT2D eigenvalue weighted by molar-refractivity contribution is 6.45. The minimum atomic E-state index is -2.90. The van der Waals surface area contributed by atoms with Crippen molar-refractivity contribution in [2.24, 2.45) is 0 Å². The van der Waals surface area contributed by atoms with E-state index in [0.29, 0.717) is 24.2 Å². The first-order chi connectivity index (χ1) is 14.4. The van der Waals surface area contributed by atoms with Crippen molar-refractivity contribution in [2.45, 2.75) is 51.2 Å². The van der Waals surface area contributed by atoms with Gasteiger partial charge in [0.1, 0.15) is 12.3 Å². The maximum absolute atomic E-state index is 12.5. The molecule has 8 nitrogen and oxygen atoms in total. The van der Waals surface area contributed by atoms with Crippen molar-refractivity contribution in [1.82, 2.24) is 15.1 Å². The summed E-state index contributed by atoms with van der Waals surface area (Å²) >= 11 is 0. The fraction of sp³-hybridized carbons (Fsp3) is 0.500. The molecule has 2 aliphatic rings. The van der Waals surface area contributed by atoms with Gasteiger partial charge in [0.05, 0.1) is 0 Å². The Labute approximate surface area is 172 Å². The highest BCUT2D eigenvalue weighted by Gasteiger charge is 2.48. The summed E-state index contributed by atoms with van der Waals surface area (Å²) < 4.78 is 28.5. The molecule has 0 unspecified atom stereocenters. The largest absolute Gasteiger partial charge is 0.435 e. The summed E-state index contributed by atoms with van der Waals surface area (Å²) in [5.41, 5.74) is 0.781. The lowest BCUT2D eigenvalue weighted by Gasteiger charge is -2.28. The van der Waals surface area contributed by atoms with Crippen LogP contribution in [0, 0.1) is 0 Å². The molecule has 5 amide bonds. The van der Waals surface area contributed by atoms with Crippen LogP contribution in [0.25, 0.3) is 0 Å². The van der Waals surface area contributed by atoms with Gasteiger partial charge in [0, 0.05) is 12.6 Å². The summed E-state index contributed by atoms with van der Waals surface area (Å²) in [7, 11) is 0. The van der Waals surface area contributed by atoms with Crippen molar-refractivity contribution >= 4 is 23.8 Å². The Morgan fingerprint density at radius 1 is 1.07 bits per heavy atom. The molecule has 0 atom stereocenters. The van der Waals surface area contributed by atoms with Crippen LogP contribution < -0.4 is 10.1 Å². The molecule has 3 rings (SSSR count). The molecule has 0 bridgehead atoms. The number of halogens is 2. The molecule has 30 heavy (non-hydrogen) atoms. The summed E-state index contributed by atoms with van der Waals surface area (Å²) in [4.78, 5) is 50.8. The Bertz CT molecular complexity index is 809. The molecule has 1 aromatic carbocycles. The average Bonchev–Trinajstić information content (AvgIpc) is 2.93. The summed E-state index contributed by atoms with van der Waals surface area (Å²) in [5, 5.41) is 2.59. The third-order valence-electron chi connectivity index (χ3n) is 5.21. The van der Waals surface area contributed by atoms with Gasteiger partial charge in [0.15, 0.2) is 0 Å². The molecule has 0 aromatic heterocycles. The lowest BCUT2D eigenvalue weighted by Crippen LogP contribution is -2.44. The number of hydrogen-bond acceptors (Lipinski definition) is 5. The van der Waals surface area contributed by atoms with Crippen LogP contribution in [0.5, 0.6) is 5.75 Å². The summed E-state index contributed by atoms with van der Waals surface area (Å²) in [6, 6.07) is 4.97. The normalized spacial score (nSPS) is 17.8. The van der Waals surface area contributed by atoms with Gasteiger partial charge in [-0.05, 0) is 37.0 Å². The van der Waals surface area contributed by atoms with Crippen LogP contribution in [0.4, 0.5) is 13.6 Å². The van der Waals surface area contributed by atoms with E-state index in [1.54, 1.807) is 12.1 Å². The highest BCUT2D eigenvalue weighted by Crippen LogP contribution is 2.26. The third kappa shape index (κ3) is 5.11. The number of amides is 5. The minimum absolute atomic E-state index is 0.0380. The standard InChI is InChI=1S/C20H23F2N3O5/c21-19(22)30-15-8-6-13(7-9-15)10-11-23-16(26)12-24-17(27)18(28)25(20(24)29)14-4-2-1-3-5-14/h6-9,14,19H,1-5,10-12H2,(H,23,26). The van der Waals surface area contributed by atoms with Gasteiger partial charge >= 0.3 is 24.5 Å². The maximum Gasteiger partial charge on any atom is 0.387 e. The summed E-state index contributed by atoms with van der Waals surface area (Å²) in [6.45, 7) is -3.20. The van der Waals surface area contributed by atoms with Crippen LogP contribution in [0.3, 0.4) is 0 Å². The molecule has 162 valence electrons. The Morgan fingerprint density at radius 3 is 2.37 bits per heavy atom. The van der Waals surface area contributed by atoms with Crippen molar-refractivity contribution < 1.29 is 32.7 Å². The molecular formula is C20H23F2N3O5. The SMILES string of the molecule is O=C(CN1C(=O)C(=O)N(C2CCCCC2)C1=O)NCCc1ccc(OC(F)F)cc1. The van der Waals surface area contributed by atoms with Gasteiger partial charge in [0.2, 0.25) is 5.91 Å². The van der Waals surface area contributed by atoms with Crippen LogP contribution in [-0.4, -0.2) is 59.3 Å².